The first-order chi connectivity index (χ1) is 7.95. The number of hydrogen-bond donors (Lipinski definition) is 0. The van der Waals surface area contributed by atoms with E-state index < -0.39 is 12.1 Å². The van der Waals surface area contributed by atoms with Crippen molar-refractivity contribution < 1.29 is 17.6 Å². The molecule has 3 rings (SSSR count). The van der Waals surface area contributed by atoms with Crippen molar-refractivity contribution in [3.8, 4) is 0 Å². The molecule has 0 aliphatic carbocycles. The van der Waals surface area contributed by atoms with E-state index in [-0.39, 0.29) is 11.1 Å². The Bertz CT molecular complexity index is 713. The second kappa shape index (κ2) is 3.19. The highest BCUT2D eigenvalue weighted by Crippen LogP contribution is 2.35. The smallest absolute Gasteiger partial charge is 0.431 e. The average Bonchev–Trinajstić information content (AvgIpc) is 2.76. The van der Waals surface area contributed by atoms with E-state index in [1.54, 1.807) is 13.0 Å². The third-order valence-corrected chi connectivity index (χ3v) is 3.25. The molecule has 0 amide bonds. The van der Waals surface area contributed by atoms with Gasteiger partial charge in [0, 0.05) is 0 Å². The summed E-state index contributed by atoms with van der Waals surface area (Å²) in [6, 6.07) is 3.12. The SMILES string of the molecule is Cc1nc2ccc3nc(C(F)(F)F)oc3c2s1. The van der Waals surface area contributed by atoms with Crippen LogP contribution in [0.4, 0.5) is 13.2 Å². The average molecular weight is 258 g/mol. The van der Waals surface area contributed by atoms with Crippen molar-refractivity contribution in [2.75, 3.05) is 0 Å². The normalized spacial score (nSPS) is 12.7. The van der Waals surface area contributed by atoms with Crippen LogP contribution in [0.15, 0.2) is 16.5 Å². The van der Waals surface area contributed by atoms with Gasteiger partial charge >= 0.3 is 12.1 Å². The number of nitrogens with zero attached hydrogens (tertiary/aromatic N) is 2. The van der Waals surface area contributed by atoms with Gasteiger partial charge in [-0.25, -0.2) is 9.97 Å². The first kappa shape index (κ1) is 10.5. The highest BCUT2D eigenvalue weighted by Gasteiger charge is 2.37. The highest BCUT2D eigenvalue weighted by molar-refractivity contribution is 7.19. The van der Waals surface area contributed by atoms with Gasteiger partial charge in [0.1, 0.15) is 5.52 Å². The predicted molar refractivity (Wildman–Crippen MR) is 56.9 cm³/mol. The van der Waals surface area contributed by atoms with Crippen molar-refractivity contribution in [3.63, 3.8) is 0 Å². The van der Waals surface area contributed by atoms with Crippen LogP contribution in [0.2, 0.25) is 0 Å². The number of hydrogen-bond acceptors (Lipinski definition) is 4. The van der Waals surface area contributed by atoms with Crippen molar-refractivity contribution in [2.45, 2.75) is 13.1 Å². The van der Waals surface area contributed by atoms with E-state index in [4.69, 9.17) is 4.42 Å². The fourth-order valence-electron chi connectivity index (χ4n) is 1.61. The summed E-state index contributed by atoms with van der Waals surface area (Å²) < 4.78 is 42.8. The monoisotopic (exact) mass is 258 g/mol. The summed E-state index contributed by atoms with van der Waals surface area (Å²) in [6.45, 7) is 1.79. The standard InChI is InChI=1S/C10H5F3N2OS/c1-4-14-6-3-2-5-7(8(6)17-4)16-9(15-5)10(11,12)13/h2-3H,1H3. The molecule has 0 saturated heterocycles. The van der Waals surface area contributed by atoms with Crippen LogP contribution < -0.4 is 0 Å². The zero-order valence-corrected chi connectivity index (χ0v) is 9.32. The van der Waals surface area contributed by atoms with Crippen LogP contribution in [0.5, 0.6) is 0 Å². The fourth-order valence-corrected chi connectivity index (χ4v) is 2.50. The molecule has 0 aliphatic heterocycles. The first-order valence-corrected chi connectivity index (χ1v) is 5.51. The molecule has 3 aromatic rings. The van der Waals surface area contributed by atoms with Crippen LogP contribution in [0, 0.1) is 6.92 Å². The highest BCUT2D eigenvalue weighted by atomic mass is 32.1. The molecule has 1 aromatic carbocycles. The van der Waals surface area contributed by atoms with Gasteiger partial charge in [-0.05, 0) is 19.1 Å². The van der Waals surface area contributed by atoms with Crippen molar-refractivity contribution in [2.24, 2.45) is 0 Å². The molecule has 88 valence electrons. The third kappa shape index (κ3) is 1.57. The summed E-state index contributed by atoms with van der Waals surface area (Å²) >= 11 is 1.29. The molecule has 0 fully saturated rings. The Hall–Kier alpha value is -1.63. The maximum Gasteiger partial charge on any atom is 0.468 e. The summed E-state index contributed by atoms with van der Waals surface area (Å²) in [5.41, 5.74) is 0.985. The van der Waals surface area contributed by atoms with Crippen LogP contribution in [0.3, 0.4) is 0 Å². The number of oxazole rings is 1. The topological polar surface area (TPSA) is 38.9 Å². The number of thiazole rings is 1. The Morgan fingerprint density at radius 1 is 1.18 bits per heavy atom. The van der Waals surface area contributed by atoms with E-state index in [1.807, 2.05) is 0 Å². The molecule has 0 aliphatic rings. The zero-order chi connectivity index (χ0) is 12.2. The zero-order valence-electron chi connectivity index (χ0n) is 8.50. The number of aromatic nitrogens is 2. The molecular weight excluding hydrogens is 253 g/mol. The van der Waals surface area contributed by atoms with Gasteiger partial charge in [0.25, 0.3) is 0 Å². The van der Waals surface area contributed by atoms with Crippen LogP contribution in [0.1, 0.15) is 10.9 Å². The maximum atomic E-state index is 12.5. The number of aryl methyl sites for hydroxylation is 1. The minimum Gasteiger partial charge on any atom is -0.431 e. The van der Waals surface area contributed by atoms with Gasteiger partial charge in [-0.3, -0.25) is 0 Å². The minimum absolute atomic E-state index is 0.153. The predicted octanol–water partition coefficient (Wildman–Crippen LogP) is 3.76. The number of halogens is 3. The van der Waals surface area contributed by atoms with E-state index in [0.29, 0.717) is 10.2 Å². The molecule has 0 saturated carbocycles. The van der Waals surface area contributed by atoms with Gasteiger partial charge in [-0.15, -0.1) is 11.3 Å². The maximum absolute atomic E-state index is 12.5. The van der Waals surface area contributed by atoms with E-state index in [2.05, 4.69) is 9.97 Å². The minimum atomic E-state index is -4.56. The molecule has 2 aromatic heterocycles. The lowest BCUT2D eigenvalue weighted by Gasteiger charge is -1.97. The summed E-state index contributed by atoms with van der Waals surface area (Å²) in [5.74, 6) is -1.22. The molecule has 2 heterocycles. The van der Waals surface area contributed by atoms with Gasteiger partial charge in [0.05, 0.1) is 15.2 Å². The number of alkyl halides is 3. The first-order valence-electron chi connectivity index (χ1n) is 4.69. The summed E-state index contributed by atoms with van der Waals surface area (Å²) in [6.07, 6.45) is -4.56. The van der Waals surface area contributed by atoms with Gasteiger partial charge in [0.15, 0.2) is 5.58 Å². The van der Waals surface area contributed by atoms with Gasteiger partial charge in [-0.2, -0.15) is 13.2 Å². The summed E-state index contributed by atoms with van der Waals surface area (Å²) in [5, 5.41) is 0.775. The molecule has 0 radical (unpaired) electrons. The number of fused-ring (bicyclic) bond motifs is 3. The molecule has 0 unspecified atom stereocenters. The Balaban J connectivity index is 2.38. The Labute approximate surface area is 96.9 Å². The summed E-state index contributed by atoms with van der Waals surface area (Å²) in [4.78, 5) is 7.61. The molecule has 17 heavy (non-hydrogen) atoms. The van der Waals surface area contributed by atoms with Crippen LogP contribution >= 0.6 is 11.3 Å². The van der Waals surface area contributed by atoms with Crippen molar-refractivity contribution in [1.29, 1.82) is 0 Å². The molecule has 0 spiro atoms. The molecule has 0 N–H and O–H groups in total. The van der Waals surface area contributed by atoms with Gasteiger partial charge in [-0.1, -0.05) is 0 Å². The van der Waals surface area contributed by atoms with Crippen LogP contribution in [-0.4, -0.2) is 9.97 Å². The van der Waals surface area contributed by atoms with Crippen LogP contribution in [0.25, 0.3) is 21.3 Å². The number of rotatable bonds is 0. The molecule has 7 heteroatoms. The Kier molecular flexibility index (Phi) is 1.97. The van der Waals surface area contributed by atoms with E-state index in [0.717, 1.165) is 5.01 Å². The van der Waals surface area contributed by atoms with Crippen molar-refractivity contribution in [3.05, 3.63) is 23.0 Å². The molecule has 0 bridgehead atoms. The second-order valence-electron chi connectivity index (χ2n) is 3.51. The van der Waals surface area contributed by atoms with Gasteiger partial charge < -0.3 is 4.42 Å². The van der Waals surface area contributed by atoms with E-state index >= 15 is 0 Å². The van der Waals surface area contributed by atoms with E-state index in [1.165, 1.54) is 17.4 Å². The van der Waals surface area contributed by atoms with Gasteiger partial charge in [0.2, 0.25) is 0 Å². The molecular formula is C10H5F3N2OS. The quantitative estimate of drug-likeness (QED) is 0.616. The van der Waals surface area contributed by atoms with Crippen LogP contribution in [-0.2, 0) is 6.18 Å². The fraction of sp³-hybridized carbons (Fsp3) is 0.200. The molecule has 3 nitrogen and oxygen atoms in total. The molecule has 0 atom stereocenters. The Morgan fingerprint density at radius 3 is 2.59 bits per heavy atom. The Morgan fingerprint density at radius 2 is 1.88 bits per heavy atom. The van der Waals surface area contributed by atoms with E-state index in [9.17, 15) is 13.2 Å². The van der Waals surface area contributed by atoms with Crippen molar-refractivity contribution in [1.82, 2.24) is 9.97 Å². The lowest BCUT2D eigenvalue weighted by molar-refractivity contribution is -0.156. The third-order valence-electron chi connectivity index (χ3n) is 2.26. The van der Waals surface area contributed by atoms with Crippen molar-refractivity contribution >= 4 is 32.7 Å². The lowest BCUT2D eigenvalue weighted by atomic mass is 10.3. The largest absolute Gasteiger partial charge is 0.468 e. The second-order valence-corrected chi connectivity index (χ2v) is 4.71. The summed E-state index contributed by atoms with van der Waals surface area (Å²) in [7, 11) is 0. The lowest BCUT2D eigenvalue weighted by Crippen LogP contribution is -2.04. The number of benzene rings is 1.